The first-order chi connectivity index (χ1) is 6.36. The summed E-state index contributed by atoms with van der Waals surface area (Å²) in [5, 5.41) is 3.33. The predicted octanol–water partition coefficient (Wildman–Crippen LogP) is 1.49. The first kappa shape index (κ1) is 8.57. The zero-order chi connectivity index (χ0) is 9.10. The molecule has 0 amide bonds. The molecule has 70 valence electrons. The third-order valence-corrected chi connectivity index (χ3v) is 2.62. The topological polar surface area (TPSA) is 17.0 Å². The van der Waals surface area contributed by atoms with E-state index in [1.807, 2.05) is 0 Å². The summed E-state index contributed by atoms with van der Waals surface area (Å²) in [7, 11) is 2.11. The molecule has 0 aliphatic carbocycles. The van der Waals surface area contributed by atoms with E-state index in [-0.39, 0.29) is 0 Å². The van der Waals surface area contributed by atoms with Crippen LogP contribution >= 0.6 is 0 Å². The first-order valence-electron chi connectivity index (χ1n) is 4.85. The summed E-state index contributed by atoms with van der Waals surface area (Å²) in [6.45, 7) is 2.18. The van der Waals surface area contributed by atoms with E-state index in [0.717, 1.165) is 19.5 Å². The van der Waals surface area contributed by atoms with Crippen LogP contribution in [0.4, 0.5) is 0 Å². The molecular weight excluding hydrogens is 160 g/mol. The van der Waals surface area contributed by atoms with Crippen LogP contribution in [0, 0.1) is 0 Å². The SMILES string of the molecule is Cn1cccc1CC1=CCNCC1. The Labute approximate surface area is 79.3 Å². The van der Waals surface area contributed by atoms with Gasteiger partial charge >= 0.3 is 0 Å². The van der Waals surface area contributed by atoms with E-state index < -0.39 is 0 Å². The predicted molar refractivity (Wildman–Crippen MR) is 54.7 cm³/mol. The quantitative estimate of drug-likeness (QED) is 0.675. The fraction of sp³-hybridized carbons (Fsp3) is 0.455. The summed E-state index contributed by atoms with van der Waals surface area (Å²) >= 11 is 0. The van der Waals surface area contributed by atoms with Gasteiger partial charge in [0, 0.05) is 31.9 Å². The van der Waals surface area contributed by atoms with E-state index in [1.165, 1.54) is 12.1 Å². The molecule has 0 saturated heterocycles. The van der Waals surface area contributed by atoms with Gasteiger partial charge in [0.2, 0.25) is 0 Å². The summed E-state index contributed by atoms with van der Waals surface area (Å²) in [6, 6.07) is 4.31. The van der Waals surface area contributed by atoms with Crippen LogP contribution < -0.4 is 5.32 Å². The van der Waals surface area contributed by atoms with Gasteiger partial charge < -0.3 is 9.88 Å². The Hall–Kier alpha value is -1.02. The van der Waals surface area contributed by atoms with E-state index in [4.69, 9.17) is 0 Å². The standard InChI is InChI=1S/C11H16N2/c1-13-8-2-3-11(13)9-10-4-6-12-7-5-10/h2-4,8,12H,5-7,9H2,1H3. The molecule has 0 bridgehead atoms. The smallest absolute Gasteiger partial charge is 0.0212 e. The maximum Gasteiger partial charge on any atom is 0.0212 e. The molecule has 0 atom stereocenters. The van der Waals surface area contributed by atoms with E-state index in [2.05, 4.69) is 41.3 Å². The molecule has 2 heteroatoms. The van der Waals surface area contributed by atoms with Crippen LogP contribution in [-0.4, -0.2) is 17.7 Å². The lowest BCUT2D eigenvalue weighted by Gasteiger charge is -2.14. The number of hydrogen-bond donors (Lipinski definition) is 1. The Morgan fingerprint density at radius 3 is 3.08 bits per heavy atom. The van der Waals surface area contributed by atoms with E-state index in [1.54, 1.807) is 5.57 Å². The maximum atomic E-state index is 3.33. The highest BCUT2D eigenvalue weighted by Gasteiger charge is 2.05. The van der Waals surface area contributed by atoms with Gasteiger partial charge in [0.1, 0.15) is 0 Å². The number of rotatable bonds is 2. The molecule has 1 aromatic heterocycles. The number of nitrogens with one attached hydrogen (secondary N) is 1. The zero-order valence-corrected chi connectivity index (χ0v) is 8.09. The molecule has 1 aliphatic heterocycles. The van der Waals surface area contributed by atoms with Gasteiger partial charge in [0.05, 0.1) is 0 Å². The van der Waals surface area contributed by atoms with Crippen molar-refractivity contribution in [3.8, 4) is 0 Å². The second-order valence-corrected chi connectivity index (χ2v) is 3.60. The summed E-state index contributed by atoms with van der Waals surface area (Å²) < 4.78 is 2.20. The average Bonchev–Trinajstić information content (AvgIpc) is 2.54. The van der Waals surface area contributed by atoms with Crippen LogP contribution in [0.2, 0.25) is 0 Å². The highest BCUT2D eigenvalue weighted by molar-refractivity contribution is 5.18. The highest BCUT2D eigenvalue weighted by atomic mass is 14.9. The summed E-state index contributed by atoms with van der Waals surface area (Å²) in [6.07, 6.45) is 6.74. The molecule has 0 spiro atoms. The fourth-order valence-corrected chi connectivity index (χ4v) is 1.74. The Morgan fingerprint density at radius 1 is 1.54 bits per heavy atom. The monoisotopic (exact) mass is 176 g/mol. The second kappa shape index (κ2) is 3.79. The van der Waals surface area contributed by atoms with Crippen LogP contribution in [0.15, 0.2) is 30.0 Å². The number of hydrogen-bond acceptors (Lipinski definition) is 1. The highest BCUT2D eigenvalue weighted by Crippen LogP contribution is 2.12. The summed E-state index contributed by atoms with van der Waals surface area (Å²) in [5.41, 5.74) is 2.98. The maximum absolute atomic E-state index is 3.33. The molecule has 2 nitrogen and oxygen atoms in total. The Morgan fingerprint density at radius 2 is 2.46 bits per heavy atom. The lowest BCUT2D eigenvalue weighted by Crippen LogP contribution is -2.21. The van der Waals surface area contributed by atoms with Crippen molar-refractivity contribution in [1.82, 2.24) is 9.88 Å². The van der Waals surface area contributed by atoms with E-state index in [0.29, 0.717) is 0 Å². The minimum Gasteiger partial charge on any atom is -0.354 e. The number of nitrogens with zero attached hydrogens (tertiary/aromatic N) is 1. The Kier molecular flexibility index (Phi) is 2.50. The summed E-state index contributed by atoms with van der Waals surface area (Å²) in [5.74, 6) is 0. The van der Waals surface area contributed by atoms with Gasteiger partial charge in [0.15, 0.2) is 0 Å². The Bertz CT molecular complexity index is 310. The minimum atomic E-state index is 1.04. The van der Waals surface area contributed by atoms with Crippen molar-refractivity contribution in [3.63, 3.8) is 0 Å². The third-order valence-electron chi connectivity index (χ3n) is 2.62. The van der Waals surface area contributed by atoms with Gasteiger partial charge in [-0.15, -0.1) is 0 Å². The molecular formula is C11H16N2. The zero-order valence-electron chi connectivity index (χ0n) is 8.09. The third kappa shape index (κ3) is 2.01. The van der Waals surface area contributed by atoms with Crippen molar-refractivity contribution < 1.29 is 0 Å². The minimum absolute atomic E-state index is 1.04. The van der Waals surface area contributed by atoms with Crippen molar-refractivity contribution in [2.24, 2.45) is 7.05 Å². The largest absolute Gasteiger partial charge is 0.354 e. The second-order valence-electron chi connectivity index (χ2n) is 3.60. The molecule has 2 rings (SSSR count). The van der Waals surface area contributed by atoms with Crippen molar-refractivity contribution in [3.05, 3.63) is 35.7 Å². The van der Waals surface area contributed by atoms with Crippen LogP contribution in [-0.2, 0) is 13.5 Å². The lowest BCUT2D eigenvalue weighted by molar-refractivity contribution is 0.684. The molecule has 0 radical (unpaired) electrons. The molecule has 1 aromatic rings. The molecule has 0 aromatic carbocycles. The first-order valence-corrected chi connectivity index (χ1v) is 4.85. The molecule has 0 saturated carbocycles. The van der Waals surface area contributed by atoms with Crippen molar-refractivity contribution in [2.45, 2.75) is 12.8 Å². The number of aromatic nitrogens is 1. The van der Waals surface area contributed by atoms with Crippen molar-refractivity contribution in [2.75, 3.05) is 13.1 Å². The van der Waals surface area contributed by atoms with E-state index >= 15 is 0 Å². The average molecular weight is 176 g/mol. The van der Waals surface area contributed by atoms with Gasteiger partial charge in [-0.3, -0.25) is 0 Å². The van der Waals surface area contributed by atoms with Gasteiger partial charge in [-0.2, -0.15) is 0 Å². The van der Waals surface area contributed by atoms with Gasteiger partial charge in [-0.05, 0) is 25.1 Å². The molecule has 13 heavy (non-hydrogen) atoms. The lowest BCUT2D eigenvalue weighted by atomic mass is 10.0. The van der Waals surface area contributed by atoms with Crippen LogP contribution in [0.1, 0.15) is 12.1 Å². The van der Waals surface area contributed by atoms with Crippen LogP contribution in [0.3, 0.4) is 0 Å². The Balaban J connectivity index is 2.05. The number of aryl methyl sites for hydroxylation is 1. The molecule has 2 heterocycles. The molecule has 0 unspecified atom stereocenters. The molecule has 1 N–H and O–H groups in total. The van der Waals surface area contributed by atoms with Gasteiger partial charge in [-0.1, -0.05) is 11.6 Å². The van der Waals surface area contributed by atoms with Gasteiger partial charge in [0.25, 0.3) is 0 Å². The van der Waals surface area contributed by atoms with Crippen molar-refractivity contribution >= 4 is 0 Å². The molecule has 1 aliphatic rings. The van der Waals surface area contributed by atoms with Gasteiger partial charge in [-0.25, -0.2) is 0 Å². The normalized spacial score (nSPS) is 17.2. The fourth-order valence-electron chi connectivity index (χ4n) is 1.74. The van der Waals surface area contributed by atoms with Crippen LogP contribution in [0.5, 0.6) is 0 Å². The van der Waals surface area contributed by atoms with E-state index in [9.17, 15) is 0 Å². The van der Waals surface area contributed by atoms with Crippen LogP contribution in [0.25, 0.3) is 0 Å². The summed E-state index contributed by atoms with van der Waals surface area (Å²) in [4.78, 5) is 0. The van der Waals surface area contributed by atoms with Crippen molar-refractivity contribution in [1.29, 1.82) is 0 Å². The molecule has 0 fully saturated rings.